The fourth-order valence-electron chi connectivity index (χ4n) is 7.22. The maximum absolute atomic E-state index is 11.9. The van der Waals surface area contributed by atoms with Crippen molar-refractivity contribution in [2.24, 2.45) is 0 Å². The van der Waals surface area contributed by atoms with Gasteiger partial charge in [-0.05, 0) is 65.6 Å². The summed E-state index contributed by atoms with van der Waals surface area (Å²) >= 11 is 5.92. The van der Waals surface area contributed by atoms with Gasteiger partial charge in [-0.3, -0.25) is 19.6 Å². The molecule has 2 aliphatic rings. The SMILES string of the molecule is COc1ccc(CN2CCN(Cc3cc(-c4ssc(=S)c4-c4ccc(C)cc4)cc(CN4CCN(Cc5ccc(OC)cc5)CC4)c3O)CC2)cc1. The first-order chi connectivity index (χ1) is 25.3. The summed E-state index contributed by atoms with van der Waals surface area (Å²) in [4.78, 5) is 11.2. The molecule has 52 heavy (non-hydrogen) atoms. The molecular formula is C42H48N4O3S3. The van der Waals surface area contributed by atoms with Crippen molar-refractivity contribution in [1.29, 1.82) is 0 Å². The summed E-state index contributed by atoms with van der Waals surface area (Å²) in [6.07, 6.45) is 0. The highest BCUT2D eigenvalue weighted by Crippen LogP contribution is 2.43. The molecule has 1 N–H and O–H groups in total. The molecule has 10 heteroatoms. The van der Waals surface area contributed by atoms with Crippen molar-refractivity contribution in [2.45, 2.75) is 33.1 Å². The van der Waals surface area contributed by atoms with Crippen LogP contribution < -0.4 is 9.47 Å². The van der Waals surface area contributed by atoms with Crippen LogP contribution in [0.15, 0.2) is 84.9 Å². The first-order valence-electron chi connectivity index (χ1n) is 18.1. The summed E-state index contributed by atoms with van der Waals surface area (Å²) < 4.78 is 11.6. The van der Waals surface area contributed by atoms with Crippen molar-refractivity contribution in [3.8, 4) is 38.8 Å². The fourth-order valence-corrected chi connectivity index (χ4v) is 10.1. The van der Waals surface area contributed by atoms with E-state index in [0.717, 1.165) is 109 Å². The average molecular weight is 753 g/mol. The van der Waals surface area contributed by atoms with E-state index in [1.165, 1.54) is 21.6 Å². The van der Waals surface area contributed by atoms with Gasteiger partial charge in [-0.25, -0.2) is 0 Å². The van der Waals surface area contributed by atoms with Crippen LogP contribution in [0.4, 0.5) is 0 Å². The van der Waals surface area contributed by atoms with Gasteiger partial charge in [0.1, 0.15) is 21.1 Å². The van der Waals surface area contributed by atoms with Crippen molar-refractivity contribution >= 4 is 32.9 Å². The van der Waals surface area contributed by atoms with Crippen molar-refractivity contribution in [3.63, 3.8) is 0 Å². The van der Waals surface area contributed by atoms with Gasteiger partial charge in [0.25, 0.3) is 0 Å². The number of hydrogen-bond acceptors (Lipinski definition) is 10. The van der Waals surface area contributed by atoms with Crippen LogP contribution in [-0.4, -0.2) is 91.3 Å². The van der Waals surface area contributed by atoms with Crippen LogP contribution in [-0.2, 0) is 26.2 Å². The van der Waals surface area contributed by atoms with Crippen LogP contribution >= 0.6 is 32.9 Å². The number of phenols is 1. The molecule has 7 nitrogen and oxygen atoms in total. The lowest BCUT2D eigenvalue weighted by Gasteiger charge is -2.36. The second-order valence-corrected chi connectivity index (χ2v) is 16.8. The predicted octanol–water partition coefficient (Wildman–Crippen LogP) is 8.54. The Bertz CT molecular complexity index is 1880. The minimum absolute atomic E-state index is 0.431. The molecule has 4 aromatic carbocycles. The molecule has 0 saturated carbocycles. The maximum atomic E-state index is 11.9. The molecule has 2 aliphatic heterocycles. The summed E-state index contributed by atoms with van der Waals surface area (Å²) in [7, 11) is 6.83. The van der Waals surface area contributed by atoms with Crippen molar-refractivity contribution in [1.82, 2.24) is 19.6 Å². The van der Waals surface area contributed by atoms with Crippen molar-refractivity contribution in [3.05, 3.63) is 117 Å². The number of benzene rings is 4. The molecule has 5 aromatic rings. The number of piperazine rings is 2. The molecule has 272 valence electrons. The minimum atomic E-state index is 0.431. The number of rotatable bonds is 12. The normalized spacial score (nSPS) is 16.3. The largest absolute Gasteiger partial charge is 0.507 e. The first-order valence-corrected chi connectivity index (χ1v) is 20.6. The standard InChI is InChI=1S/C42H48N4O3S3/c1-30-4-10-33(11-5-30)39-41(51-52-42(39)50)34-24-35(28-45-20-16-43(17-21-45)26-31-6-12-37(48-2)13-7-31)40(47)36(25-34)29-46-22-18-44(19-23-46)27-32-8-14-38(49-3)15-9-32/h4-15,24-25,47H,16-23,26-29H2,1-3H3. The molecule has 1 aromatic heterocycles. The quantitative estimate of drug-likeness (QED) is 0.101. The van der Waals surface area contributed by atoms with Crippen molar-refractivity contribution < 1.29 is 14.6 Å². The molecule has 2 saturated heterocycles. The van der Waals surface area contributed by atoms with Gasteiger partial charge in [-0.1, -0.05) is 87.0 Å². The molecule has 3 heterocycles. The zero-order valence-electron chi connectivity index (χ0n) is 30.3. The van der Waals surface area contributed by atoms with Gasteiger partial charge in [-0.2, -0.15) is 0 Å². The number of phenolic OH excluding ortho intramolecular Hbond substituents is 1. The molecule has 0 spiro atoms. The lowest BCUT2D eigenvalue weighted by Crippen LogP contribution is -2.45. The highest BCUT2D eigenvalue weighted by Gasteiger charge is 2.24. The Balaban J connectivity index is 1.09. The van der Waals surface area contributed by atoms with Crippen LogP contribution in [0.1, 0.15) is 27.8 Å². The summed E-state index contributed by atoms with van der Waals surface area (Å²) in [5, 5.41) is 11.9. The zero-order chi connectivity index (χ0) is 36.0. The third-order valence-corrected chi connectivity index (χ3v) is 13.4. The van der Waals surface area contributed by atoms with E-state index in [4.69, 9.17) is 21.7 Å². The maximum Gasteiger partial charge on any atom is 0.124 e. The van der Waals surface area contributed by atoms with E-state index in [9.17, 15) is 5.11 Å². The smallest absolute Gasteiger partial charge is 0.124 e. The third kappa shape index (κ3) is 8.94. The van der Waals surface area contributed by atoms with Gasteiger partial charge >= 0.3 is 0 Å². The van der Waals surface area contributed by atoms with E-state index >= 15 is 0 Å². The molecule has 0 aliphatic carbocycles. The van der Waals surface area contributed by atoms with Gasteiger partial charge in [0.2, 0.25) is 0 Å². The Morgan fingerprint density at radius 1 is 0.577 bits per heavy atom. The summed E-state index contributed by atoms with van der Waals surface area (Å²) in [6.45, 7) is 13.2. The molecule has 0 atom stereocenters. The molecule has 7 rings (SSSR count). The number of ether oxygens (including phenoxy) is 2. The van der Waals surface area contributed by atoms with E-state index in [2.05, 4.69) is 87.2 Å². The minimum Gasteiger partial charge on any atom is -0.507 e. The van der Waals surface area contributed by atoms with E-state index in [0.29, 0.717) is 18.8 Å². The monoisotopic (exact) mass is 752 g/mol. The van der Waals surface area contributed by atoms with Crippen LogP contribution in [0.5, 0.6) is 17.2 Å². The third-order valence-electron chi connectivity index (χ3n) is 10.4. The van der Waals surface area contributed by atoms with E-state index in [-0.39, 0.29) is 0 Å². The van der Waals surface area contributed by atoms with Crippen molar-refractivity contribution in [2.75, 3.05) is 66.6 Å². The fraction of sp³-hybridized carbons (Fsp3) is 0.357. The van der Waals surface area contributed by atoms with E-state index in [1.54, 1.807) is 34.9 Å². The van der Waals surface area contributed by atoms with Gasteiger partial charge in [0, 0.05) is 95.2 Å². The zero-order valence-corrected chi connectivity index (χ0v) is 32.8. The predicted molar refractivity (Wildman–Crippen MR) is 217 cm³/mol. The second-order valence-electron chi connectivity index (χ2n) is 14.0. The Kier molecular flexibility index (Phi) is 12.0. The van der Waals surface area contributed by atoms with Crippen LogP contribution in [0, 0.1) is 10.7 Å². The van der Waals surface area contributed by atoms with Gasteiger partial charge < -0.3 is 14.6 Å². The average Bonchev–Trinajstić information content (AvgIpc) is 3.56. The molecular weight excluding hydrogens is 705 g/mol. The number of aryl methyl sites for hydroxylation is 1. The lowest BCUT2D eigenvalue weighted by molar-refractivity contribution is 0.119. The first kappa shape index (κ1) is 36.7. The lowest BCUT2D eigenvalue weighted by atomic mass is 9.97. The molecule has 0 unspecified atom stereocenters. The van der Waals surface area contributed by atoms with Crippen LogP contribution in [0.3, 0.4) is 0 Å². The highest BCUT2D eigenvalue weighted by atomic mass is 32.9. The summed E-state index contributed by atoms with van der Waals surface area (Å²) in [5.74, 6) is 2.21. The Labute approximate surface area is 320 Å². The molecule has 0 radical (unpaired) electrons. The summed E-state index contributed by atoms with van der Waals surface area (Å²) in [6, 6.07) is 29.9. The van der Waals surface area contributed by atoms with Gasteiger partial charge in [0.05, 0.1) is 19.1 Å². The Morgan fingerprint density at radius 3 is 1.42 bits per heavy atom. The molecule has 2 fully saturated rings. The molecule has 0 bridgehead atoms. The number of hydrogen-bond donors (Lipinski definition) is 1. The Hall–Kier alpha value is -3.61. The summed E-state index contributed by atoms with van der Waals surface area (Å²) in [5.41, 5.74) is 9.25. The number of aromatic hydroxyl groups is 1. The van der Waals surface area contributed by atoms with E-state index in [1.807, 2.05) is 24.3 Å². The highest BCUT2D eigenvalue weighted by molar-refractivity contribution is 7.80. The van der Waals surface area contributed by atoms with E-state index < -0.39 is 0 Å². The van der Waals surface area contributed by atoms with Gasteiger partial charge in [-0.15, -0.1) is 0 Å². The number of nitrogens with zero attached hydrogens (tertiary/aromatic N) is 4. The molecule has 0 amide bonds. The Morgan fingerprint density at radius 2 is 1.00 bits per heavy atom. The topological polar surface area (TPSA) is 51.7 Å². The van der Waals surface area contributed by atoms with Crippen LogP contribution in [0.2, 0.25) is 0 Å². The number of methoxy groups -OCH3 is 2. The van der Waals surface area contributed by atoms with Crippen LogP contribution in [0.25, 0.3) is 21.6 Å². The second kappa shape index (κ2) is 17.0. The van der Waals surface area contributed by atoms with Gasteiger partial charge in [0.15, 0.2) is 0 Å².